The molecule has 1 amide bonds. The van der Waals surface area contributed by atoms with Crippen LogP contribution in [0.4, 0.5) is 11.4 Å². The number of carbonyl (C=O) groups excluding carboxylic acids is 1. The number of amides is 1. The molecule has 5 nitrogen and oxygen atoms in total. The molecule has 1 fully saturated rings. The number of rotatable bonds is 6. The number of benzene rings is 2. The van der Waals surface area contributed by atoms with E-state index in [0.717, 1.165) is 37.2 Å². The third-order valence-corrected chi connectivity index (χ3v) is 4.68. The largest absolute Gasteiger partial charge is 0.484 e. The highest BCUT2D eigenvalue weighted by Gasteiger charge is 2.18. The van der Waals surface area contributed by atoms with E-state index in [4.69, 9.17) is 9.47 Å². The first-order chi connectivity index (χ1) is 12.6. The zero-order chi connectivity index (χ0) is 18.4. The molecule has 0 spiro atoms. The maximum absolute atomic E-state index is 12.0. The quantitative estimate of drug-likeness (QED) is 0.861. The van der Waals surface area contributed by atoms with Crippen molar-refractivity contribution in [3.8, 4) is 5.75 Å². The first-order valence-corrected chi connectivity index (χ1v) is 9.01. The number of ether oxygens (including phenoxy) is 2. The van der Waals surface area contributed by atoms with E-state index in [1.54, 1.807) is 7.11 Å². The molecule has 0 atom stereocenters. The highest BCUT2D eigenvalue weighted by molar-refractivity contribution is 5.92. The number of nitrogens with zero attached hydrogens (tertiary/aromatic N) is 1. The zero-order valence-corrected chi connectivity index (χ0v) is 15.4. The van der Waals surface area contributed by atoms with Crippen LogP contribution in [0.15, 0.2) is 48.5 Å². The second-order valence-corrected chi connectivity index (χ2v) is 6.62. The SMILES string of the molecule is COC1CCN(c2ccc(NC(=O)COc3ccc(C)cc3)cc2)CC1. The second-order valence-electron chi connectivity index (χ2n) is 6.62. The van der Waals surface area contributed by atoms with Crippen LogP contribution in [-0.4, -0.2) is 38.8 Å². The van der Waals surface area contributed by atoms with Crippen molar-refractivity contribution in [3.05, 3.63) is 54.1 Å². The number of carbonyl (C=O) groups is 1. The van der Waals surface area contributed by atoms with E-state index in [-0.39, 0.29) is 12.5 Å². The monoisotopic (exact) mass is 354 g/mol. The Balaban J connectivity index is 1.47. The topological polar surface area (TPSA) is 50.8 Å². The molecule has 1 aliphatic rings. The number of hydrogen-bond acceptors (Lipinski definition) is 4. The molecular weight excluding hydrogens is 328 g/mol. The normalized spacial score (nSPS) is 14.9. The first kappa shape index (κ1) is 18.3. The predicted octanol–water partition coefficient (Wildman–Crippen LogP) is 3.63. The Morgan fingerprint density at radius 1 is 1.08 bits per heavy atom. The van der Waals surface area contributed by atoms with Crippen LogP contribution in [0.5, 0.6) is 5.75 Å². The molecule has 2 aromatic rings. The maximum Gasteiger partial charge on any atom is 0.262 e. The average molecular weight is 354 g/mol. The minimum Gasteiger partial charge on any atom is -0.484 e. The van der Waals surface area contributed by atoms with Crippen molar-refractivity contribution in [3.63, 3.8) is 0 Å². The van der Waals surface area contributed by atoms with Crippen molar-refractivity contribution in [1.29, 1.82) is 0 Å². The van der Waals surface area contributed by atoms with Crippen molar-refractivity contribution in [1.82, 2.24) is 0 Å². The summed E-state index contributed by atoms with van der Waals surface area (Å²) in [6, 6.07) is 15.6. The minimum absolute atomic E-state index is 0.00462. The smallest absolute Gasteiger partial charge is 0.262 e. The fraction of sp³-hybridized carbons (Fsp3) is 0.381. The van der Waals surface area contributed by atoms with Gasteiger partial charge < -0.3 is 19.7 Å². The summed E-state index contributed by atoms with van der Waals surface area (Å²) < 4.78 is 10.9. The number of hydrogen-bond donors (Lipinski definition) is 1. The van der Waals surface area contributed by atoms with E-state index in [9.17, 15) is 4.79 Å². The van der Waals surface area contributed by atoms with Gasteiger partial charge in [-0.3, -0.25) is 4.79 Å². The Labute approximate surface area is 154 Å². The van der Waals surface area contributed by atoms with Gasteiger partial charge in [-0.05, 0) is 56.2 Å². The third kappa shape index (κ3) is 4.99. The highest BCUT2D eigenvalue weighted by Crippen LogP contribution is 2.23. The molecule has 1 aliphatic heterocycles. The molecule has 0 radical (unpaired) electrons. The number of piperidine rings is 1. The highest BCUT2D eigenvalue weighted by atomic mass is 16.5. The summed E-state index contributed by atoms with van der Waals surface area (Å²) in [5.74, 6) is 0.528. The molecule has 1 heterocycles. The van der Waals surface area contributed by atoms with Gasteiger partial charge in [0, 0.05) is 31.6 Å². The van der Waals surface area contributed by atoms with Gasteiger partial charge in [-0.15, -0.1) is 0 Å². The van der Waals surface area contributed by atoms with Crippen molar-refractivity contribution in [2.24, 2.45) is 0 Å². The van der Waals surface area contributed by atoms with Gasteiger partial charge in [-0.25, -0.2) is 0 Å². The Hall–Kier alpha value is -2.53. The van der Waals surface area contributed by atoms with E-state index in [2.05, 4.69) is 10.2 Å². The minimum atomic E-state index is -0.167. The fourth-order valence-electron chi connectivity index (χ4n) is 3.09. The third-order valence-electron chi connectivity index (χ3n) is 4.68. The number of methoxy groups -OCH3 is 1. The summed E-state index contributed by atoms with van der Waals surface area (Å²) in [5, 5.41) is 2.87. The lowest BCUT2D eigenvalue weighted by molar-refractivity contribution is -0.118. The van der Waals surface area contributed by atoms with Gasteiger partial charge in [0.05, 0.1) is 6.10 Å². The average Bonchev–Trinajstić information content (AvgIpc) is 2.68. The summed E-state index contributed by atoms with van der Waals surface area (Å²) in [4.78, 5) is 14.4. The first-order valence-electron chi connectivity index (χ1n) is 9.01. The molecule has 5 heteroatoms. The molecule has 1 saturated heterocycles. The van der Waals surface area contributed by atoms with Crippen LogP contribution in [0.25, 0.3) is 0 Å². The summed E-state index contributed by atoms with van der Waals surface area (Å²) in [6.45, 7) is 4.00. The van der Waals surface area contributed by atoms with Gasteiger partial charge in [-0.2, -0.15) is 0 Å². The van der Waals surface area contributed by atoms with Crippen LogP contribution in [0.2, 0.25) is 0 Å². The number of aryl methyl sites for hydroxylation is 1. The van der Waals surface area contributed by atoms with Crippen LogP contribution in [0.1, 0.15) is 18.4 Å². The molecule has 26 heavy (non-hydrogen) atoms. The van der Waals surface area contributed by atoms with E-state index in [0.29, 0.717) is 11.9 Å². The van der Waals surface area contributed by atoms with Gasteiger partial charge >= 0.3 is 0 Å². The Morgan fingerprint density at radius 3 is 2.35 bits per heavy atom. The van der Waals surface area contributed by atoms with E-state index >= 15 is 0 Å². The molecule has 3 rings (SSSR count). The maximum atomic E-state index is 12.0. The predicted molar refractivity (Wildman–Crippen MR) is 104 cm³/mol. The van der Waals surface area contributed by atoms with Crippen molar-refractivity contribution in [2.45, 2.75) is 25.9 Å². The van der Waals surface area contributed by atoms with Crippen LogP contribution < -0.4 is 15.0 Å². The zero-order valence-electron chi connectivity index (χ0n) is 15.4. The lowest BCUT2D eigenvalue weighted by Crippen LogP contribution is -2.36. The van der Waals surface area contributed by atoms with Gasteiger partial charge in [0.2, 0.25) is 0 Å². The standard InChI is InChI=1S/C21H26N2O3/c1-16-3-9-20(10-4-16)26-15-21(24)22-17-5-7-18(8-6-17)23-13-11-19(25-2)12-14-23/h3-10,19H,11-15H2,1-2H3,(H,22,24). The Morgan fingerprint density at radius 2 is 1.73 bits per heavy atom. The number of anilines is 2. The van der Waals surface area contributed by atoms with Crippen molar-refractivity contribution >= 4 is 17.3 Å². The van der Waals surface area contributed by atoms with Gasteiger partial charge in [0.25, 0.3) is 5.91 Å². The van der Waals surface area contributed by atoms with E-state index < -0.39 is 0 Å². The molecule has 0 aliphatic carbocycles. The summed E-state index contributed by atoms with van der Waals surface area (Å²) in [6.07, 6.45) is 2.47. The van der Waals surface area contributed by atoms with Gasteiger partial charge in [0.1, 0.15) is 5.75 Å². The molecule has 2 aromatic carbocycles. The lowest BCUT2D eigenvalue weighted by atomic mass is 10.1. The molecule has 0 aromatic heterocycles. The summed E-state index contributed by atoms with van der Waals surface area (Å²) >= 11 is 0. The van der Waals surface area contributed by atoms with Crippen molar-refractivity contribution < 1.29 is 14.3 Å². The van der Waals surface area contributed by atoms with Crippen LogP contribution >= 0.6 is 0 Å². The van der Waals surface area contributed by atoms with Crippen LogP contribution in [0, 0.1) is 6.92 Å². The molecule has 1 N–H and O–H groups in total. The second kappa shape index (κ2) is 8.72. The molecule has 0 bridgehead atoms. The van der Waals surface area contributed by atoms with Crippen molar-refractivity contribution in [2.75, 3.05) is 37.0 Å². The van der Waals surface area contributed by atoms with Gasteiger partial charge in [0.15, 0.2) is 6.61 Å². The molecular formula is C21H26N2O3. The van der Waals surface area contributed by atoms with E-state index in [1.807, 2.05) is 55.5 Å². The molecule has 0 unspecified atom stereocenters. The number of nitrogens with one attached hydrogen (secondary N) is 1. The fourth-order valence-corrected chi connectivity index (χ4v) is 3.09. The van der Waals surface area contributed by atoms with Crippen LogP contribution in [0.3, 0.4) is 0 Å². The molecule has 0 saturated carbocycles. The Kier molecular flexibility index (Phi) is 6.12. The van der Waals surface area contributed by atoms with Crippen LogP contribution in [-0.2, 0) is 9.53 Å². The summed E-state index contributed by atoms with van der Waals surface area (Å²) in [5.41, 5.74) is 3.11. The molecule has 138 valence electrons. The summed E-state index contributed by atoms with van der Waals surface area (Å²) in [7, 11) is 1.78. The van der Waals surface area contributed by atoms with E-state index in [1.165, 1.54) is 5.69 Å². The van der Waals surface area contributed by atoms with Gasteiger partial charge in [-0.1, -0.05) is 17.7 Å². The Bertz CT molecular complexity index is 705. The lowest BCUT2D eigenvalue weighted by Gasteiger charge is -2.33.